The van der Waals surface area contributed by atoms with Gasteiger partial charge in [0.2, 0.25) is 0 Å². The molecule has 0 fully saturated rings. The van der Waals surface area contributed by atoms with Gasteiger partial charge in [0.05, 0.1) is 0 Å². The number of benzene rings is 2. The van der Waals surface area contributed by atoms with Gasteiger partial charge in [0.25, 0.3) is 5.91 Å². The summed E-state index contributed by atoms with van der Waals surface area (Å²) in [5.74, 6) is 0.00439. The molecule has 0 bridgehead atoms. The lowest BCUT2D eigenvalue weighted by atomic mass is 10.1. The summed E-state index contributed by atoms with van der Waals surface area (Å²) in [5, 5.41) is 4.27. The molecule has 0 atom stereocenters. The minimum Gasteiger partial charge on any atom is -0.451 e. The maximum Gasteiger partial charge on any atom is 0.291 e. The highest BCUT2D eigenvalue weighted by Gasteiger charge is 2.12. The smallest absolute Gasteiger partial charge is 0.291 e. The van der Waals surface area contributed by atoms with Crippen LogP contribution in [0.15, 0.2) is 52.9 Å². The first-order valence-corrected chi connectivity index (χ1v) is 7.13. The summed E-state index contributed by atoms with van der Waals surface area (Å²) in [7, 11) is 0. The Labute approximate surface area is 127 Å². The molecule has 1 heterocycles. The Hall–Kier alpha value is -2.26. The van der Waals surface area contributed by atoms with Gasteiger partial charge in [-0.25, -0.2) is 0 Å². The molecule has 0 aliphatic rings. The first kappa shape index (κ1) is 13.7. The van der Waals surface area contributed by atoms with E-state index < -0.39 is 0 Å². The number of rotatable bonds is 3. The molecule has 0 aliphatic heterocycles. The second-order valence-corrected chi connectivity index (χ2v) is 5.24. The molecule has 1 N–H and O–H groups in total. The third-order valence-corrected chi connectivity index (χ3v) is 3.53. The summed E-state index contributed by atoms with van der Waals surface area (Å²) in [4.78, 5) is 12.2. The number of furan rings is 1. The van der Waals surface area contributed by atoms with Crippen molar-refractivity contribution < 1.29 is 9.21 Å². The van der Waals surface area contributed by atoms with Crippen LogP contribution in [-0.4, -0.2) is 5.91 Å². The predicted octanol–water partition coefficient (Wildman–Crippen LogP) is 4.90. The number of aryl methyl sites for hydroxylation is 1. The standard InChI is InChI=1S/C17H14ClNO2/c1-2-11-4-3-5-14(8-11)19-17(20)16-10-12-9-13(18)6-7-15(12)21-16/h3-10H,2H2,1H3,(H,19,20). The first-order valence-electron chi connectivity index (χ1n) is 6.75. The Morgan fingerprint density at radius 3 is 2.86 bits per heavy atom. The van der Waals surface area contributed by atoms with Crippen LogP contribution in [-0.2, 0) is 6.42 Å². The molecule has 3 nitrogen and oxygen atoms in total. The van der Waals surface area contributed by atoms with E-state index in [0.29, 0.717) is 10.6 Å². The molecule has 3 rings (SSSR count). The topological polar surface area (TPSA) is 42.2 Å². The van der Waals surface area contributed by atoms with Gasteiger partial charge < -0.3 is 9.73 Å². The average Bonchev–Trinajstić information content (AvgIpc) is 2.90. The maximum absolute atomic E-state index is 12.2. The zero-order chi connectivity index (χ0) is 14.8. The minimum absolute atomic E-state index is 0.268. The van der Waals surface area contributed by atoms with E-state index in [2.05, 4.69) is 12.2 Å². The molecule has 21 heavy (non-hydrogen) atoms. The van der Waals surface area contributed by atoms with E-state index >= 15 is 0 Å². The summed E-state index contributed by atoms with van der Waals surface area (Å²) in [6.45, 7) is 2.07. The van der Waals surface area contributed by atoms with Crippen LogP contribution in [0.4, 0.5) is 5.69 Å². The lowest BCUT2D eigenvalue weighted by molar-refractivity contribution is 0.0998. The highest BCUT2D eigenvalue weighted by molar-refractivity contribution is 6.31. The predicted molar refractivity (Wildman–Crippen MR) is 85.0 cm³/mol. The van der Waals surface area contributed by atoms with Crippen LogP contribution in [0.3, 0.4) is 0 Å². The van der Waals surface area contributed by atoms with Crippen molar-refractivity contribution in [3.63, 3.8) is 0 Å². The molecule has 106 valence electrons. The molecule has 0 saturated heterocycles. The third-order valence-electron chi connectivity index (χ3n) is 3.30. The quantitative estimate of drug-likeness (QED) is 0.747. The fraction of sp³-hybridized carbons (Fsp3) is 0.118. The van der Waals surface area contributed by atoms with Gasteiger partial charge in [-0.3, -0.25) is 4.79 Å². The van der Waals surface area contributed by atoms with Gasteiger partial charge >= 0.3 is 0 Å². The van der Waals surface area contributed by atoms with Gasteiger partial charge in [-0.15, -0.1) is 0 Å². The van der Waals surface area contributed by atoms with Gasteiger partial charge in [-0.05, 0) is 48.4 Å². The lowest BCUT2D eigenvalue weighted by Crippen LogP contribution is -2.10. The first-order chi connectivity index (χ1) is 10.2. The highest BCUT2D eigenvalue weighted by Crippen LogP contribution is 2.23. The molecule has 0 radical (unpaired) electrons. The summed E-state index contributed by atoms with van der Waals surface area (Å²) < 4.78 is 5.54. The fourth-order valence-electron chi connectivity index (χ4n) is 2.19. The molecular weight excluding hydrogens is 286 g/mol. The number of anilines is 1. The van der Waals surface area contributed by atoms with E-state index in [4.69, 9.17) is 16.0 Å². The van der Waals surface area contributed by atoms with Crippen LogP contribution in [0.25, 0.3) is 11.0 Å². The van der Waals surface area contributed by atoms with Crippen molar-refractivity contribution in [2.24, 2.45) is 0 Å². The third kappa shape index (κ3) is 2.93. The highest BCUT2D eigenvalue weighted by atomic mass is 35.5. The van der Waals surface area contributed by atoms with E-state index in [1.54, 1.807) is 24.3 Å². The Balaban J connectivity index is 1.86. The van der Waals surface area contributed by atoms with Crippen molar-refractivity contribution in [1.29, 1.82) is 0 Å². The van der Waals surface area contributed by atoms with Crippen molar-refractivity contribution in [3.8, 4) is 0 Å². The molecule has 0 spiro atoms. The monoisotopic (exact) mass is 299 g/mol. The number of amides is 1. The van der Waals surface area contributed by atoms with E-state index in [1.165, 1.54) is 5.56 Å². The Morgan fingerprint density at radius 1 is 1.19 bits per heavy atom. The van der Waals surface area contributed by atoms with E-state index in [1.807, 2.05) is 24.3 Å². The maximum atomic E-state index is 12.2. The SMILES string of the molecule is CCc1cccc(NC(=O)c2cc3cc(Cl)ccc3o2)c1. The zero-order valence-corrected chi connectivity index (χ0v) is 12.3. The fourth-order valence-corrected chi connectivity index (χ4v) is 2.37. The molecule has 0 saturated carbocycles. The number of carbonyl (C=O) groups is 1. The number of nitrogens with one attached hydrogen (secondary N) is 1. The summed E-state index contributed by atoms with van der Waals surface area (Å²) in [6, 6.07) is 14.7. The minimum atomic E-state index is -0.268. The molecule has 4 heteroatoms. The van der Waals surface area contributed by atoms with E-state index in [0.717, 1.165) is 17.5 Å². The van der Waals surface area contributed by atoms with Gasteiger partial charge in [-0.1, -0.05) is 30.7 Å². The Kier molecular flexibility index (Phi) is 3.67. The lowest BCUT2D eigenvalue weighted by Gasteiger charge is -2.04. The van der Waals surface area contributed by atoms with Gasteiger partial charge in [-0.2, -0.15) is 0 Å². The van der Waals surface area contributed by atoms with E-state index in [9.17, 15) is 4.79 Å². The Morgan fingerprint density at radius 2 is 2.05 bits per heavy atom. The van der Waals surface area contributed by atoms with Gasteiger partial charge in [0.15, 0.2) is 5.76 Å². The van der Waals surface area contributed by atoms with Gasteiger partial charge in [0.1, 0.15) is 5.58 Å². The number of carbonyl (C=O) groups excluding carboxylic acids is 1. The molecule has 1 aromatic heterocycles. The van der Waals surface area contributed by atoms with Crippen molar-refractivity contribution >= 4 is 34.2 Å². The molecule has 2 aromatic carbocycles. The van der Waals surface area contributed by atoms with Crippen LogP contribution in [0.5, 0.6) is 0 Å². The summed E-state index contributed by atoms with van der Waals surface area (Å²) >= 11 is 5.93. The second kappa shape index (κ2) is 5.62. The van der Waals surface area contributed by atoms with Crippen LogP contribution < -0.4 is 5.32 Å². The van der Waals surface area contributed by atoms with Crippen molar-refractivity contribution in [3.05, 3.63) is 64.9 Å². The number of hydrogen-bond donors (Lipinski definition) is 1. The van der Waals surface area contributed by atoms with Crippen LogP contribution in [0.1, 0.15) is 23.0 Å². The van der Waals surface area contributed by atoms with E-state index in [-0.39, 0.29) is 11.7 Å². The zero-order valence-electron chi connectivity index (χ0n) is 11.5. The number of fused-ring (bicyclic) bond motifs is 1. The molecule has 0 aliphatic carbocycles. The Bertz CT molecular complexity index is 807. The molecular formula is C17H14ClNO2. The summed E-state index contributed by atoms with van der Waals surface area (Å²) in [6.07, 6.45) is 0.923. The molecule has 3 aromatic rings. The number of halogens is 1. The van der Waals surface area contributed by atoms with Crippen LogP contribution in [0.2, 0.25) is 5.02 Å². The van der Waals surface area contributed by atoms with Crippen LogP contribution in [0, 0.1) is 0 Å². The van der Waals surface area contributed by atoms with Crippen molar-refractivity contribution in [2.45, 2.75) is 13.3 Å². The summed E-state index contributed by atoms with van der Waals surface area (Å²) in [5.41, 5.74) is 2.58. The normalized spacial score (nSPS) is 10.8. The average molecular weight is 300 g/mol. The molecule has 0 unspecified atom stereocenters. The number of hydrogen-bond acceptors (Lipinski definition) is 2. The van der Waals surface area contributed by atoms with Gasteiger partial charge in [0, 0.05) is 16.1 Å². The van der Waals surface area contributed by atoms with Crippen molar-refractivity contribution in [2.75, 3.05) is 5.32 Å². The van der Waals surface area contributed by atoms with Crippen LogP contribution >= 0.6 is 11.6 Å². The molecule has 1 amide bonds. The van der Waals surface area contributed by atoms with Crippen molar-refractivity contribution in [1.82, 2.24) is 0 Å². The largest absolute Gasteiger partial charge is 0.451 e. The second-order valence-electron chi connectivity index (χ2n) is 4.80.